The van der Waals surface area contributed by atoms with E-state index in [4.69, 9.17) is 5.73 Å². The number of hydrogen-bond acceptors (Lipinski definition) is 2. The Morgan fingerprint density at radius 3 is 2.83 bits per heavy atom. The van der Waals surface area contributed by atoms with E-state index in [1.807, 2.05) is 12.1 Å². The second-order valence-electron chi connectivity index (χ2n) is 6.29. The van der Waals surface area contributed by atoms with Crippen molar-refractivity contribution in [2.75, 3.05) is 0 Å². The Morgan fingerprint density at radius 1 is 1.28 bits per heavy atom. The molecule has 0 aromatic heterocycles. The second kappa shape index (κ2) is 4.36. The fraction of sp³-hybridized carbons (Fsp3) is 0.625. The van der Waals surface area contributed by atoms with Gasteiger partial charge in [-0.15, -0.1) is 0 Å². The third-order valence-corrected chi connectivity index (χ3v) is 4.97. The van der Waals surface area contributed by atoms with Crippen LogP contribution >= 0.6 is 0 Å². The fourth-order valence-corrected chi connectivity index (χ4v) is 4.02. The van der Waals surface area contributed by atoms with Gasteiger partial charge in [-0.3, -0.25) is 0 Å². The van der Waals surface area contributed by atoms with Crippen LogP contribution in [0.25, 0.3) is 0 Å². The van der Waals surface area contributed by atoms with Crippen molar-refractivity contribution in [2.45, 2.75) is 50.7 Å². The minimum Gasteiger partial charge on any atom is -0.385 e. The Hall–Kier alpha value is -0.860. The van der Waals surface area contributed by atoms with Crippen molar-refractivity contribution in [1.82, 2.24) is 0 Å². The van der Waals surface area contributed by atoms with Gasteiger partial charge in [0.1, 0.15) is 0 Å². The van der Waals surface area contributed by atoms with Crippen molar-refractivity contribution in [2.24, 2.45) is 17.6 Å². The van der Waals surface area contributed by atoms with Crippen LogP contribution in [0.1, 0.15) is 56.2 Å². The number of nitrogens with two attached hydrogens (primary N) is 1. The summed E-state index contributed by atoms with van der Waals surface area (Å²) in [5.41, 5.74) is 7.77. The molecule has 2 nitrogen and oxygen atoms in total. The van der Waals surface area contributed by atoms with E-state index in [9.17, 15) is 5.11 Å². The van der Waals surface area contributed by atoms with Gasteiger partial charge < -0.3 is 10.8 Å². The molecule has 18 heavy (non-hydrogen) atoms. The summed E-state index contributed by atoms with van der Waals surface area (Å²) in [7, 11) is 0. The number of fused-ring (bicyclic) bond motifs is 1. The van der Waals surface area contributed by atoms with Gasteiger partial charge >= 0.3 is 0 Å². The molecule has 4 unspecified atom stereocenters. The second-order valence-corrected chi connectivity index (χ2v) is 6.29. The fourth-order valence-electron chi connectivity index (χ4n) is 4.02. The smallest absolute Gasteiger partial charge is 0.0945 e. The SMILES string of the molecule is CC1CCCC(C2(O)CC(N)c3ccccc32)C1. The largest absolute Gasteiger partial charge is 0.385 e. The molecular formula is C16H23NO. The van der Waals surface area contributed by atoms with Gasteiger partial charge in [0.05, 0.1) is 5.60 Å². The highest BCUT2D eigenvalue weighted by Gasteiger charge is 2.47. The van der Waals surface area contributed by atoms with Crippen LogP contribution in [0.4, 0.5) is 0 Å². The molecule has 0 radical (unpaired) electrons. The molecule has 4 atom stereocenters. The molecule has 3 N–H and O–H groups in total. The van der Waals surface area contributed by atoms with Crippen LogP contribution in [0.5, 0.6) is 0 Å². The predicted octanol–water partition coefficient (Wildman–Crippen LogP) is 3.10. The van der Waals surface area contributed by atoms with Crippen molar-refractivity contribution in [1.29, 1.82) is 0 Å². The molecule has 0 heterocycles. The molecule has 1 saturated carbocycles. The van der Waals surface area contributed by atoms with Crippen molar-refractivity contribution >= 4 is 0 Å². The summed E-state index contributed by atoms with van der Waals surface area (Å²) in [4.78, 5) is 0. The lowest BCUT2D eigenvalue weighted by atomic mass is 9.71. The van der Waals surface area contributed by atoms with Crippen LogP contribution in [-0.2, 0) is 5.60 Å². The summed E-state index contributed by atoms with van der Waals surface area (Å²) in [6.45, 7) is 2.30. The van der Waals surface area contributed by atoms with Gasteiger partial charge in [-0.2, -0.15) is 0 Å². The molecule has 1 fully saturated rings. The normalized spacial score (nSPS) is 39.6. The topological polar surface area (TPSA) is 46.2 Å². The van der Waals surface area contributed by atoms with E-state index in [2.05, 4.69) is 19.1 Å². The van der Waals surface area contributed by atoms with Gasteiger partial charge in [-0.05, 0) is 42.2 Å². The number of benzene rings is 1. The first kappa shape index (κ1) is 12.2. The Kier molecular flexibility index (Phi) is 2.95. The first-order valence-electron chi connectivity index (χ1n) is 7.18. The van der Waals surface area contributed by atoms with Crippen molar-refractivity contribution in [3.8, 4) is 0 Å². The Bertz CT molecular complexity index is 444. The summed E-state index contributed by atoms with van der Waals surface area (Å²) in [5.74, 6) is 1.12. The van der Waals surface area contributed by atoms with Crippen LogP contribution < -0.4 is 5.73 Å². The summed E-state index contributed by atoms with van der Waals surface area (Å²) in [5, 5.41) is 11.2. The molecule has 0 saturated heterocycles. The molecule has 98 valence electrons. The Morgan fingerprint density at radius 2 is 2.06 bits per heavy atom. The van der Waals surface area contributed by atoms with Crippen molar-refractivity contribution in [3.63, 3.8) is 0 Å². The van der Waals surface area contributed by atoms with E-state index < -0.39 is 5.60 Å². The maximum Gasteiger partial charge on any atom is 0.0945 e. The highest BCUT2D eigenvalue weighted by atomic mass is 16.3. The van der Waals surface area contributed by atoms with Crippen LogP contribution in [0, 0.1) is 11.8 Å². The van der Waals surface area contributed by atoms with E-state index in [0.717, 1.165) is 29.9 Å². The maximum absolute atomic E-state index is 11.2. The van der Waals surface area contributed by atoms with Crippen molar-refractivity contribution < 1.29 is 5.11 Å². The summed E-state index contributed by atoms with van der Waals surface area (Å²) >= 11 is 0. The summed E-state index contributed by atoms with van der Waals surface area (Å²) in [6.07, 6.45) is 5.52. The van der Waals surface area contributed by atoms with Crippen LogP contribution in [-0.4, -0.2) is 5.11 Å². The van der Waals surface area contributed by atoms with E-state index >= 15 is 0 Å². The molecule has 2 aliphatic carbocycles. The lowest BCUT2D eigenvalue weighted by Gasteiger charge is -2.38. The molecule has 1 aromatic carbocycles. The number of hydrogen-bond donors (Lipinski definition) is 2. The van der Waals surface area contributed by atoms with E-state index in [-0.39, 0.29) is 6.04 Å². The highest BCUT2D eigenvalue weighted by molar-refractivity contribution is 5.40. The lowest BCUT2D eigenvalue weighted by molar-refractivity contribution is -0.0475. The standard InChI is InChI=1S/C16H23NO/c1-11-5-4-6-12(9-11)16(18)10-15(17)13-7-2-3-8-14(13)16/h2-3,7-8,11-12,15,18H,4-6,9-10,17H2,1H3. The maximum atomic E-state index is 11.2. The zero-order valence-corrected chi connectivity index (χ0v) is 11.1. The minimum absolute atomic E-state index is 0.00318. The molecule has 0 bridgehead atoms. The van der Waals surface area contributed by atoms with Gasteiger partial charge in [0.2, 0.25) is 0 Å². The predicted molar refractivity (Wildman–Crippen MR) is 73.0 cm³/mol. The molecule has 0 spiro atoms. The molecule has 1 aromatic rings. The van der Waals surface area contributed by atoms with Crippen molar-refractivity contribution in [3.05, 3.63) is 35.4 Å². The molecule has 2 heteroatoms. The quantitative estimate of drug-likeness (QED) is 0.798. The van der Waals surface area contributed by atoms with Crippen LogP contribution in [0.15, 0.2) is 24.3 Å². The zero-order valence-electron chi connectivity index (χ0n) is 11.1. The molecule has 2 aliphatic rings. The first-order valence-corrected chi connectivity index (χ1v) is 7.18. The lowest BCUT2D eigenvalue weighted by Crippen LogP contribution is -2.36. The van der Waals surface area contributed by atoms with E-state index in [1.54, 1.807) is 0 Å². The summed E-state index contributed by atoms with van der Waals surface area (Å²) in [6, 6.07) is 8.19. The number of aliphatic hydroxyl groups is 1. The van der Waals surface area contributed by atoms with Crippen LogP contribution in [0.3, 0.4) is 0 Å². The van der Waals surface area contributed by atoms with Gasteiger partial charge in [0, 0.05) is 6.04 Å². The molecule has 3 rings (SSSR count). The van der Waals surface area contributed by atoms with E-state index in [0.29, 0.717) is 12.3 Å². The van der Waals surface area contributed by atoms with E-state index in [1.165, 1.54) is 12.8 Å². The average molecular weight is 245 g/mol. The monoisotopic (exact) mass is 245 g/mol. The molecule has 0 amide bonds. The minimum atomic E-state index is -0.676. The van der Waals surface area contributed by atoms with Crippen LogP contribution in [0.2, 0.25) is 0 Å². The summed E-state index contributed by atoms with van der Waals surface area (Å²) < 4.78 is 0. The number of rotatable bonds is 1. The van der Waals surface area contributed by atoms with Gasteiger partial charge in [-0.1, -0.05) is 44.0 Å². The van der Waals surface area contributed by atoms with Gasteiger partial charge in [0.15, 0.2) is 0 Å². The third kappa shape index (κ3) is 1.79. The van der Waals surface area contributed by atoms with Gasteiger partial charge in [-0.25, -0.2) is 0 Å². The zero-order chi connectivity index (χ0) is 12.8. The third-order valence-electron chi connectivity index (χ3n) is 4.97. The average Bonchev–Trinajstić information content (AvgIpc) is 2.64. The Labute approximate surface area is 109 Å². The molecule has 0 aliphatic heterocycles. The van der Waals surface area contributed by atoms with Gasteiger partial charge in [0.25, 0.3) is 0 Å². The first-order chi connectivity index (χ1) is 8.61. The highest BCUT2D eigenvalue weighted by Crippen LogP contribution is 2.51. The Balaban J connectivity index is 1.96. The molecular weight excluding hydrogens is 222 g/mol.